The number of nitriles is 1. The Morgan fingerprint density at radius 2 is 1.45 bits per heavy atom. The molecule has 1 N–H and O–H groups in total. The Balaban J connectivity index is 1.36. The number of rotatable bonds is 9. The zero-order valence-electron chi connectivity index (χ0n) is 16.6. The van der Waals surface area contributed by atoms with E-state index in [2.05, 4.69) is 5.32 Å². The van der Waals surface area contributed by atoms with Crippen molar-refractivity contribution in [2.75, 3.05) is 18.5 Å². The van der Waals surface area contributed by atoms with Crippen LogP contribution in [0.3, 0.4) is 0 Å². The van der Waals surface area contributed by atoms with Crippen molar-refractivity contribution in [3.8, 4) is 17.6 Å². The van der Waals surface area contributed by atoms with Crippen molar-refractivity contribution in [2.24, 2.45) is 0 Å². The second-order valence-electron chi connectivity index (χ2n) is 6.43. The maximum absolute atomic E-state index is 12.0. The predicted octanol–water partition coefficient (Wildman–Crippen LogP) is 3.70. The van der Waals surface area contributed by atoms with Gasteiger partial charge in [0, 0.05) is 5.69 Å². The maximum Gasteiger partial charge on any atom is 0.344 e. The molecular formula is C24H20N2O5. The first-order valence-electron chi connectivity index (χ1n) is 9.47. The smallest absolute Gasteiger partial charge is 0.344 e. The molecule has 0 radical (unpaired) electrons. The molecule has 0 saturated heterocycles. The van der Waals surface area contributed by atoms with E-state index in [0.29, 0.717) is 29.4 Å². The number of carbonyl (C=O) groups is 2. The Morgan fingerprint density at radius 3 is 2.13 bits per heavy atom. The van der Waals surface area contributed by atoms with Gasteiger partial charge in [-0.05, 0) is 54.1 Å². The van der Waals surface area contributed by atoms with Crippen molar-refractivity contribution >= 4 is 17.6 Å². The average Bonchev–Trinajstić information content (AvgIpc) is 2.82. The van der Waals surface area contributed by atoms with Crippen LogP contribution in [-0.4, -0.2) is 25.1 Å². The number of hydrogen-bond acceptors (Lipinski definition) is 6. The van der Waals surface area contributed by atoms with Crippen LogP contribution in [-0.2, 0) is 20.9 Å². The normalized spacial score (nSPS) is 9.90. The molecule has 0 aliphatic heterocycles. The van der Waals surface area contributed by atoms with E-state index in [4.69, 9.17) is 19.5 Å². The summed E-state index contributed by atoms with van der Waals surface area (Å²) in [6.07, 6.45) is 0. The summed E-state index contributed by atoms with van der Waals surface area (Å²) in [5.74, 6) is -0.0444. The number of hydrogen-bond donors (Lipinski definition) is 1. The lowest BCUT2D eigenvalue weighted by Crippen LogP contribution is -2.23. The van der Waals surface area contributed by atoms with Crippen molar-refractivity contribution in [3.05, 3.63) is 90.0 Å². The van der Waals surface area contributed by atoms with E-state index >= 15 is 0 Å². The van der Waals surface area contributed by atoms with Crippen LogP contribution in [0, 0.1) is 11.3 Å². The van der Waals surface area contributed by atoms with Gasteiger partial charge in [-0.15, -0.1) is 0 Å². The van der Waals surface area contributed by atoms with Gasteiger partial charge in [-0.1, -0.05) is 30.3 Å². The third-order valence-corrected chi connectivity index (χ3v) is 4.09. The summed E-state index contributed by atoms with van der Waals surface area (Å²) in [7, 11) is 0. The summed E-state index contributed by atoms with van der Waals surface area (Å²) >= 11 is 0. The third-order valence-electron chi connectivity index (χ3n) is 4.09. The van der Waals surface area contributed by atoms with Crippen LogP contribution >= 0.6 is 0 Å². The van der Waals surface area contributed by atoms with Crippen molar-refractivity contribution in [3.63, 3.8) is 0 Å². The maximum atomic E-state index is 12.0. The molecule has 0 atom stereocenters. The summed E-state index contributed by atoms with van der Waals surface area (Å²) in [5.41, 5.74) is 2.11. The van der Waals surface area contributed by atoms with Gasteiger partial charge >= 0.3 is 5.97 Å². The molecule has 3 rings (SSSR count). The van der Waals surface area contributed by atoms with Gasteiger partial charge in [-0.2, -0.15) is 5.26 Å². The topological polar surface area (TPSA) is 97.6 Å². The van der Waals surface area contributed by atoms with Crippen molar-refractivity contribution < 1.29 is 23.8 Å². The van der Waals surface area contributed by atoms with Crippen LogP contribution in [0.25, 0.3) is 0 Å². The fourth-order valence-corrected chi connectivity index (χ4v) is 2.53. The zero-order valence-corrected chi connectivity index (χ0v) is 16.6. The second kappa shape index (κ2) is 11.0. The molecule has 7 nitrogen and oxygen atoms in total. The number of nitrogens with zero attached hydrogens (tertiary/aromatic N) is 1. The monoisotopic (exact) mass is 416 g/mol. The summed E-state index contributed by atoms with van der Waals surface area (Å²) in [4.78, 5) is 23.7. The average molecular weight is 416 g/mol. The van der Waals surface area contributed by atoms with Gasteiger partial charge in [0.1, 0.15) is 18.1 Å². The predicted molar refractivity (Wildman–Crippen MR) is 113 cm³/mol. The minimum absolute atomic E-state index is 0.341. The van der Waals surface area contributed by atoms with Gasteiger partial charge in [-0.3, -0.25) is 4.79 Å². The zero-order chi connectivity index (χ0) is 21.9. The van der Waals surface area contributed by atoms with E-state index in [0.717, 1.165) is 5.56 Å². The van der Waals surface area contributed by atoms with Gasteiger partial charge < -0.3 is 19.5 Å². The van der Waals surface area contributed by atoms with E-state index in [1.54, 1.807) is 48.5 Å². The van der Waals surface area contributed by atoms with Gasteiger partial charge in [0.25, 0.3) is 5.91 Å². The second-order valence-corrected chi connectivity index (χ2v) is 6.43. The lowest BCUT2D eigenvalue weighted by atomic mass is 10.2. The first-order chi connectivity index (χ1) is 15.1. The number of amides is 1. The Hall–Kier alpha value is -4.31. The molecule has 0 spiro atoms. The molecule has 0 unspecified atom stereocenters. The molecule has 0 saturated carbocycles. The van der Waals surface area contributed by atoms with E-state index in [1.165, 1.54) is 0 Å². The fourth-order valence-electron chi connectivity index (χ4n) is 2.53. The number of carbonyl (C=O) groups excluding carboxylic acids is 2. The van der Waals surface area contributed by atoms with Gasteiger partial charge in [0.15, 0.2) is 13.2 Å². The molecular weight excluding hydrogens is 396 g/mol. The molecule has 3 aromatic rings. The highest BCUT2D eigenvalue weighted by molar-refractivity contribution is 5.92. The van der Waals surface area contributed by atoms with E-state index in [-0.39, 0.29) is 6.61 Å². The summed E-state index contributed by atoms with van der Waals surface area (Å²) in [6.45, 7) is -0.318. The van der Waals surface area contributed by atoms with Gasteiger partial charge in [0.2, 0.25) is 0 Å². The Labute approximate surface area is 179 Å². The minimum Gasteiger partial charge on any atom is -0.489 e. The first-order valence-corrected chi connectivity index (χ1v) is 9.47. The third kappa shape index (κ3) is 7.22. The largest absolute Gasteiger partial charge is 0.489 e. The molecule has 0 bridgehead atoms. The summed E-state index contributed by atoms with van der Waals surface area (Å²) in [5, 5.41) is 11.4. The van der Waals surface area contributed by atoms with Crippen LogP contribution < -0.4 is 14.8 Å². The van der Waals surface area contributed by atoms with Crippen LogP contribution in [0.15, 0.2) is 78.9 Å². The first kappa shape index (κ1) is 21.4. The van der Waals surface area contributed by atoms with E-state index in [9.17, 15) is 9.59 Å². The minimum atomic E-state index is -0.677. The highest BCUT2D eigenvalue weighted by atomic mass is 16.6. The molecule has 156 valence electrons. The molecule has 0 aromatic heterocycles. The quantitative estimate of drug-likeness (QED) is 0.534. The number of benzene rings is 3. The number of ether oxygens (including phenoxy) is 3. The van der Waals surface area contributed by atoms with E-state index < -0.39 is 18.5 Å². The lowest BCUT2D eigenvalue weighted by molar-refractivity contribution is -0.149. The molecule has 31 heavy (non-hydrogen) atoms. The van der Waals surface area contributed by atoms with Crippen molar-refractivity contribution in [1.29, 1.82) is 5.26 Å². The van der Waals surface area contributed by atoms with Crippen LogP contribution in [0.1, 0.15) is 11.1 Å². The standard InChI is InChI=1S/C24H20N2O5/c25-14-18-6-10-21(11-7-18)30-17-24(28)31-16-23(27)26-20-8-12-22(13-9-20)29-15-19-4-2-1-3-5-19/h1-13H,15-17H2,(H,26,27). The van der Waals surface area contributed by atoms with Crippen LogP contribution in [0.4, 0.5) is 5.69 Å². The molecule has 0 heterocycles. The van der Waals surface area contributed by atoms with Crippen molar-refractivity contribution in [1.82, 2.24) is 0 Å². The molecule has 7 heteroatoms. The molecule has 0 fully saturated rings. The Kier molecular flexibility index (Phi) is 7.61. The summed E-state index contributed by atoms with van der Waals surface area (Å²) in [6, 6.07) is 25.0. The number of anilines is 1. The van der Waals surface area contributed by atoms with Crippen LogP contribution in [0.5, 0.6) is 11.5 Å². The SMILES string of the molecule is N#Cc1ccc(OCC(=O)OCC(=O)Nc2ccc(OCc3ccccc3)cc2)cc1. The molecule has 3 aromatic carbocycles. The van der Waals surface area contributed by atoms with Crippen LogP contribution in [0.2, 0.25) is 0 Å². The summed E-state index contributed by atoms with van der Waals surface area (Å²) < 4.78 is 15.9. The highest BCUT2D eigenvalue weighted by Crippen LogP contribution is 2.17. The molecule has 0 aliphatic carbocycles. The molecule has 0 aliphatic rings. The number of esters is 1. The Bertz CT molecular complexity index is 1040. The lowest BCUT2D eigenvalue weighted by Gasteiger charge is -2.09. The Morgan fingerprint density at radius 1 is 0.806 bits per heavy atom. The van der Waals surface area contributed by atoms with E-state index in [1.807, 2.05) is 36.4 Å². The fraction of sp³-hybridized carbons (Fsp3) is 0.125. The number of nitrogens with one attached hydrogen (secondary N) is 1. The van der Waals surface area contributed by atoms with Gasteiger partial charge in [0.05, 0.1) is 11.6 Å². The van der Waals surface area contributed by atoms with Crippen molar-refractivity contribution in [2.45, 2.75) is 6.61 Å². The molecule has 1 amide bonds. The van der Waals surface area contributed by atoms with Gasteiger partial charge in [-0.25, -0.2) is 4.79 Å². The highest BCUT2D eigenvalue weighted by Gasteiger charge is 2.09.